The third-order valence-electron chi connectivity index (χ3n) is 2.30. The quantitative estimate of drug-likeness (QED) is 0.756. The minimum atomic E-state index is -0.279. The van der Waals surface area contributed by atoms with Crippen LogP contribution in [0, 0.1) is 6.92 Å². The van der Waals surface area contributed by atoms with Crippen LogP contribution in [0.15, 0.2) is 18.2 Å². The first-order valence-electron chi connectivity index (χ1n) is 4.99. The monoisotopic (exact) mass is 254 g/mol. The van der Waals surface area contributed by atoms with Gasteiger partial charge in [-0.25, -0.2) is 4.79 Å². The molecule has 0 aliphatic rings. The second-order valence-corrected chi connectivity index (χ2v) is 4.90. The Morgan fingerprint density at radius 2 is 2.25 bits per heavy atom. The minimum absolute atomic E-state index is 0.279. The van der Waals surface area contributed by atoms with Crippen LogP contribution in [0.5, 0.6) is 0 Å². The molecule has 0 atom stereocenters. The molecule has 0 unspecified atom stereocenters. The Balaban J connectivity index is 2.55. The molecule has 0 N–H and O–H groups in total. The Labute approximate surface area is 103 Å². The Hall–Kier alpha value is -1.06. The predicted molar refractivity (Wildman–Crippen MR) is 67.5 cm³/mol. The summed E-state index contributed by atoms with van der Waals surface area (Å²) in [5.74, 6) is -0.279. The van der Waals surface area contributed by atoms with Crippen LogP contribution in [-0.2, 0) is 4.74 Å². The molecule has 2 rings (SSSR count). The lowest BCUT2D eigenvalue weighted by Gasteiger charge is -1.96. The highest BCUT2D eigenvalue weighted by atomic mass is 35.5. The van der Waals surface area contributed by atoms with Gasteiger partial charge in [-0.3, -0.25) is 0 Å². The van der Waals surface area contributed by atoms with Gasteiger partial charge in [0.2, 0.25) is 0 Å². The zero-order valence-electron chi connectivity index (χ0n) is 9.04. The number of fused-ring (bicyclic) bond motifs is 1. The molecule has 0 bridgehead atoms. The second kappa shape index (κ2) is 4.44. The molecule has 0 saturated carbocycles. The van der Waals surface area contributed by atoms with Crippen molar-refractivity contribution >= 4 is 39.0 Å². The van der Waals surface area contributed by atoms with Crippen molar-refractivity contribution in [1.29, 1.82) is 0 Å². The molecule has 0 aliphatic heterocycles. The average molecular weight is 255 g/mol. The molecule has 0 radical (unpaired) electrons. The SMILES string of the molecule is CCOC(=O)c1cc2c(Cl)ccc(C)c2s1. The summed E-state index contributed by atoms with van der Waals surface area (Å²) in [6.07, 6.45) is 0. The van der Waals surface area contributed by atoms with Crippen molar-refractivity contribution in [3.05, 3.63) is 33.7 Å². The van der Waals surface area contributed by atoms with Gasteiger partial charge in [0, 0.05) is 15.1 Å². The van der Waals surface area contributed by atoms with E-state index in [1.54, 1.807) is 13.0 Å². The maximum atomic E-state index is 11.6. The Morgan fingerprint density at radius 1 is 1.50 bits per heavy atom. The summed E-state index contributed by atoms with van der Waals surface area (Å²) in [4.78, 5) is 12.2. The highest BCUT2D eigenvalue weighted by Crippen LogP contribution is 2.33. The fraction of sp³-hybridized carbons (Fsp3) is 0.250. The summed E-state index contributed by atoms with van der Waals surface area (Å²) in [5.41, 5.74) is 1.12. The standard InChI is InChI=1S/C12H11ClO2S/c1-3-15-12(14)10-6-8-9(13)5-4-7(2)11(8)16-10/h4-6H,3H2,1-2H3. The Bertz CT molecular complexity index is 506. The van der Waals surface area contributed by atoms with Crippen molar-refractivity contribution in [3.63, 3.8) is 0 Å². The van der Waals surface area contributed by atoms with Crippen molar-refractivity contribution in [3.8, 4) is 0 Å². The molecule has 4 heteroatoms. The molecule has 16 heavy (non-hydrogen) atoms. The van der Waals surface area contributed by atoms with E-state index < -0.39 is 0 Å². The van der Waals surface area contributed by atoms with Crippen molar-refractivity contribution in [2.45, 2.75) is 13.8 Å². The topological polar surface area (TPSA) is 26.3 Å². The fourth-order valence-electron chi connectivity index (χ4n) is 1.53. The van der Waals surface area contributed by atoms with E-state index in [4.69, 9.17) is 16.3 Å². The van der Waals surface area contributed by atoms with Gasteiger partial charge in [-0.2, -0.15) is 0 Å². The van der Waals surface area contributed by atoms with E-state index in [0.29, 0.717) is 16.5 Å². The lowest BCUT2D eigenvalue weighted by Crippen LogP contribution is -2.01. The Kier molecular flexibility index (Phi) is 3.17. The van der Waals surface area contributed by atoms with Gasteiger partial charge in [-0.15, -0.1) is 11.3 Å². The number of carbonyl (C=O) groups excluding carboxylic acids is 1. The van der Waals surface area contributed by atoms with Gasteiger partial charge in [0.1, 0.15) is 4.88 Å². The first-order chi connectivity index (χ1) is 7.63. The first-order valence-corrected chi connectivity index (χ1v) is 6.18. The van der Waals surface area contributed by atoms with Crippen LogP contribution in [-0.4, -0.2) is 12.6 Å². The summed E-state index contributed by atoms with van der Waals surface area (Å²) in [6.45, 7) is 4.19. The molecule has 0 amide bonds. The fourth-order valence-corrected chi connectivity index (χ4v) is 2.84. The Morgan fingerprint density at radius 3 is 2.88 bits per heavy atom. The maximum Gasteiger partial charge on any atom is 0.348 e. The van der Waals surface area contributed by atoms with E-state index in [-0.39, 0.29) is 5.97 Å². The van der Waals surface area contributed by atoms with Gasteiger partial charge in [0.05, 0.1) is 6.61 Å². The molecule has 0 saturated heterocycles. The van der Waals surface area contributed by atoms with E-state index in [1.807, 2.05) is 19.1 Å². The van der Waals surface area contributed by atoms with Crippen molar-refractivity contribution in [1.82, 2.24) is 0 Å². The van der Waals surface area contributed by atoms with Crippen molar-refractivity contribution in [2.75, 3.05) is 6.61 Å². The third kappa shape index (κ3) is 1.93. The molecular formula is C12H11ClO2S. The highest BCUT2D eigenvalue weighted by molar-refractivity contribution is 7.21. The summed E-state index contributed by atoms with van der Waals surface area (Å²) < 4.78 is 6.02. The number of thiophene rings is 1. The number of hydrogen-bond acceptors (Lipinski definition) is 3. The molecule has 0 aliphatic carbocycles. The summed E-state index contributed by atoms with van der Waals surface area (Å²) in [6, 6.07) is 5.60. The van der Waals surface area contributed by atoms with Crippen LogP contribution in [0.1, 0.15) is 22.2 Å². The smallest absolute Gasteiger partial charge is 0.348 e. The number of rotatable bonds is 2. The summed E-state index contributed by atoms with van der Waals surface area (Å²) in [7, 11) is 0. The summed E-state index contributed by atoms with van der Waals surface area (Å²) in [5, 5.41) is 1.60. The van der Waals surface area contributed by atoms with Gasteiger partial charge in [-0.05, 0) is 31.5 Å². The van der Waals surface area contributed by atoms with Gasteiger partial charge in [-0.1, -0.05) is 17.7 Å². The molecule has 1 heterocycles. The molecular weight excluding hydrogens is 244 g/mol. The van der Waals surface area contributed by atoms with Crippen molar-refractivity contribution in [2.24, 2.45) is 0 Å². The van der Waals surface area contributed by atoms with E-state index in [2.05, 4.69) is 0 Å². The van der Waals surface area contributed by atoms with E-state index in [0.717, 1.165) is 15.6 Å². The van der Waals surface area contributed by atoms with Gasteiger partial charge in [0.15, 0.2) is 0 Å². The van der Waals surface area contributed by atoms with Crippen LogP contribution < -0.4 is 0 Å². The number of carbonyl (C=O) groups is 1. The van der Waals surface area contributed by atoms with Crippen LogP contribution in [0.25, 0.3) is 10.1 Å². The van der Waals surface area contributed by atoms with Crippen LogP contribution >= 0.6 is 22.9 Å². The molecule has 1 aromatic carbocycles. The van der Waals surface area contributed by atoms with Gasteiger partial charge < -0.3 is 4.74 Å². The molecule has 1 aromatic heterocycles. The predicted octanol–water partition coefficient (Wildman–Crippen LogP) is 4.04. The lowest BCUT2D eigenvalue weighted by molar-refractivity contribution is 0.0532. The largest absolute Gasteiger partial charge is 0.462 e. The number of esters is 1. The normalized spacial score (nSPS) is 10.7. The zero-order valence-corrected chi connectivity index (χ0v) is 10.6. The average Bonchev–Trinajstić information content (AvgIpc) is 2.70. The van der Waals surface area contributed by atoms with Gasteiger partial charge in [0.25, 0.3) is 0 Å². The molecule has 0 fully saturated rings. The number of benzene rings is 1. The van der Waals surface area contributed by atoms with Crippen LogP contribution in [0.4, 0.5) is 0 Å². The molecule has 2 nitrogen and oxygen atoms in total. The minimum Gasteiger partial charge on any atom is -0.462 e. The second-order valence-electron chi connectivity index (χ2n) is 3.44. The van der Waals surface area contributed by atoms with Gasteiger partial charge >= 0.3 is 5.97 Å². The summed E-state index contributed by atoms with van der Waals surface area (Å²) >= 11 is 7.51. The maximum absolute atomic E-state index is 11.6. The van der Waals surface area contributed by atoms with Crippen molar-refractivity contribution < 1.29 is 9.53 Å². The van der Waals surface area contributed by atoms with E-state index in [9.17, 15) is 4.79 Å². The number of hydrogen-bond donors (Lipinski definition) is 0. The molecule has 0 spiro atoms. The third-order valence-corrected chi connectivity index (χ3v) is 3.88. The number of aryl methyl sites for hydroxylation is 1. The number of halogens is 1. The zero-order chi connectivity index (χ0) is 11.7. The van der Waals surface area contributed by atoms with Crippen LogP contribution in [0.3, 0.4) is 0 Å². The highest BCUT2D eigenvalue weighted by Gasteiger charge is 2.13. The molecule has 2 aromatic rings. The molecule has 84 valence electrons. The lowest BCUT2D eigenvalue weighted by atomic mass is 10.2. The number of ether oxygens (including phenoxy) is 1. The van der Waals surface area contributed by atoms with E-state index in [1.165, 1.54) is 11.3 Å². The van der Waals surface area contributed by atoms with Crippen LogP contribution in [0.2, 0.25) is 5.02 Å². The first kappa shape index (κ1) is 11.4. The van der Waals surface area contributed by atoms with E-state index >= 15 is 0 Å².